The molecule has 1 amide bonds. The zero-order chi connectivity index (χ0) is 21.6. The van der Waals surface area contributed by atoms with Gasteiger partial charge in [0.25, 0.3) is 0 Å². The maximum absolute atomic E-state index is 13.1. The molecule has 9 heteroatoms. The van der Waals surface area contributed by atoms with E-state index in [1.165, 1.54) is 35.2 Å². The Labute approximate surface area is 187 Å². The summed E-state index contributed by atoms with van der Waals surface area (Å²) in [5.41, 5.74) is 0.832. The van der Waals surface area contributed by atoms with Crippen LogP contribution in [0.15, 0.2) is 65.8 Å². The van der Waals surface area contributed by atoms with Crippen molar-refractivity contribution in [3.05, 3.63) is 66.7 Å². The number of amides is 1. The average Bonchev–Trinajstić information content (AvgIpc) is 3.44. The van der Waals surface area contributed by atoms with Crippen molar-refractivity contribution in [1.82, 2.24) is 14.8 Å². The molecule has 160 valence electrons. The number of ether oxygens (including phenoxy) is 1. The lowest BCUT2D eigenvalue weighted by Crippen LogP contribution is -2.34. The molecule has 0 unspecified atom stereocenters. The minimum atomic E-state index is -0.266. The number of nitrogens with zero attached hydrogens (tertiary/aromatic N) is 4. The molecule has 4 rings (SSSR count). The quantitative estimate of drug-likeness (QED) is 0.337. The Morgan fingerprint density at radius 2 is 2.10 bits per heavy atom. The number of rotatable bonds is 9. The molecule has 2 aromatic heterocycles. The summed E-state index contributed by atoms with van der Waals surface area (Å²) in [6.45, 7) is 1.04. The number of hydrogen-bond acceptors (Lipinski definition) is 6. The SMILES string of the molecule is COc1ccc2nc(N(CCn3cccn3)C(=O)CCSc3ccc(F)cc3)sc2c1. The lowest BCUT2D eigenvalue weighted by atomic mass is 10.3. The van der Waals surface area contributed by atoms with Crippen LogP contribution >= 0.6 is 23.1 Å². The van der Waals surface area contributed by atoms with Crippen molar-refractivity contribution in [3.8, 4) is 5.75 Å². The zero-order valence-electron chi connectivity index (χ0n) is 16.9. The van der Waals surface area contributed by atoms with Gasteiger partial charge in [0.2, 0.25) is 5.91 Å². The summed E-state index contributed by atoms with van der Waals surface area (Å²) in [7, 11) is 1.63. The van der Waals surface area contributed by atoms with Gasteiger partial charge in [0.1, 0.15) is 11.6 Å². The van der Waals surface area contributed by atoms with E-state index in [0.29, 0.717) is 30.4 Å². The summed E-state index contributed by atoms with van der Waals surface area (Å²) >= 11 is 3.00. The summed E-state index contributed by atoms with van der Waals surface area (Å²) in [4.78, 5) is 20.4. The molecule has 0 spiro atoms. The van der Waals surface area contributed by atoms with Crippen LogP contribution in [-0.2, 0) is 11.3 Å². The van der Waals surface area contributed by atoms with Crippen molar-refractivity contribution in [1.29, 1.82) is 0 Å². The Kier molecular flexibility index (Phi) is 6.83. The Bertz CT molecular complexity index is 1150. The van der Waals surface area contributed by atoms with Crippen molar-refractivity contribution < 1.29 is 13.9 Å². The minimum Gasteiger partial charge on any atom is -0.497 e. The molecule has 6 nitrogen and oxygen atoms in total. The maximum Gasteiger partial charge on any atom is 0.229 e. The number of anilines is 1. The van der Waals surface area contributed by atoms with E-state index in [-0.39, 0.29) is 11.7 Å². The normalized spacial score (nSPS) is 11.0. The maximum atomic E-state index is 13.1. The predicted octanol–water partition coefficient (Wildman–Crippen LogP) is 4.86. The van der Waals surface area contributed by atoms with Crippen LogP contribution in [0.3, 0.4) is 0 Å². The van der Waals surface area contributed by atoms with Gasteiger partial charge in [0.05, 0.1) is 23.9 Å². The molecule has 4 aromatic rings. The third-order valence-electron chi connectivity index (χ3n) is 4.63. The smallest absolute Gasteiger partial charge is 0.229 e. The van der Waals surface area contributed by atoms with Gasteiger partial charge in [-0.1, -0.05) is 11.3 Å². The number of fused-ring (bicyclic) bond motifs is 1. The number of methoxy groups -OCH3 is 1. The first-order valence-electron chi connectivity index (χ1n) is 9.73. The van der Waals surface area contributed by atoms with Crippen LogP contribution in [0.1, 0.15) is 6.42 Å². The number of halogens is 1. The molecule has 0 fully saturated rings. The van der Waals surface area contributed by atoms with Gasteiger partial charge in [-0.25, -0.2) is 9.37 Å². The molecule has 0 N–H and O–H groups in total. The van der Waals surface area contributed by atoms with Crippen LogP contribution in [-0.4, -0.2) is 40.1 Å². The average molecular weight is 457 g/mol. The predicted molar refractivity (Wildman–Crippen MR) is 122 cm³/mol. The van der Waals surface area contributed by atoms with Crippen molar-refractivity contribution in [3.63, 3.8) is 0 Å². The van der Waals surface area contributed by atoms with Gasteiger partial charge in [0.15, 0.2) is 5.13 Å². The monoisotopic (exact) mass is 456 g/mol. The third kappa shape index (κ3) is 5.42. The van der Waals surface area contributed by atoms with Gasteiger partial charge in [-0.15, -0.1) is 11.8 Å². The van der Waals surface area contributed by atoms with Gasteiger partial charge >= 0.3 is 0 Å². The van der Waals surface area contributed by atoms with Crippen LogP contribution in [0.4, 0.5) is 9.52 Å². The highest BCUT2D eigenvalue weighted by Crippen LogP contribution is 2.32. The summed E-state index contributed by atoms with van der Waals surface area (Å²) in [5, 5.41) is 4.89. The fourth-order valence-corrected chi connectivity index (χ4v) is 4.90. The van der Waals surface area contributed by atoms with Crippen molar-refractivity contribution in [2.75, 3.05) is 24.3 Å². The van der Waals surface area contributed by atoms with Crippen LogP contribution < -0.4 is 9.64 Å². The molecule has 0 aliphatic rings. The lowest BCUT2D eigenvalue weighted by Gasteiger charge is -2.20. The van der Waals surface area contributed by atoms with Gasteiger partial charge in [0, 0.05) is 36.0 Å². The Hall–Kier alpha value is -2.91. The fourth-order valence-electron chi connectivity index (χ4n) is 3.02. The Morgan fingerprint density at radius 3 is 2.84 bits per heavy atom. The van der Waals surface area contributed by atoms with E-state index >= 15 is 0 Å². The molecule has 0 aliphatic heterocycles. The highest BCUT2D eigenvalue weighted by Gasteiger charge is 2.20. The van der Waals surface area contributed by atoms with E-state index < -0.39 is 0 Å². The number of thiazole rings is 1. The molecular weight excluding hydrogens is 435 g/mol. The molecule has 0 saturated heterocycles. The van der Waals surface area contributed by atoms with Gasteiger partial charge < -0.3 is 4.74 Å². The molecular formula is C22H21FN4O2S2. The molecule has 0 aliphatic carbocycles. The molecule has 0 bridgehead atoms. The van der Waals surface area contributed by atoms with Gasteiger partial charge in [-0.2, -0.15) is 5.10 Å². The highest BCUT2D eigenvalue weighted by molar-refractivity contribution is 7.99. The second-order valence-corrected chi connectivity index (χ2v) is 8.87. The van der Waals surface area contributed by atoms with E-state index in [1.54, 1.807) is 35.0 Å². The second kappa shape index (κ2) is 9.93. The molecule has 0 radical (unpaired) electrons. The van der Waals surface area contributed by atoms with E-state index in [1.807, 2.05) is 30.5 Å². The first-order valence-corrected chi connectivity index (χ1v) is 11.5. The van der Waals surface area contributed by atoms with Crippen molar-refractivity contribution >= 4 is 44.4 Å². The summed E-state index contributed by atoms with van der Waals surface area (Å²) in [6.07, 6.45) is 3.94. The van der Waals surface area contributed by atoms with Crippen molar-refractivity contribution in [2.24, 2.45) is 0 Å². The number of carbonyl (C=O) groups is 1. The Morgan fingerprint density at radius 1 is 1.26 bits per heavy atom. The molecule has 2 heterocycles. The van der Waals surface area contributed by atoms with Crippen LogP contribution in [0.25, 0.3) is 10.2 Å². The standard InChI is InChI=1S/C22H21FN4O2S2/c1-29-17-5-8-19-20(15-17)31-22(25-19)27(13-12-26-11-2-10-24-26)21(28)9-14-30-18-6-3-16(23)4-7-18/h2-8,10-11,15H,9,12-14H2,1H3. The molecule has 0 atom stereocenters. The fraction of sp³-hybridized carbons (Fsp3) is 0.227. The van der Waals surface area contributed by atoms with E-state index in [2.05, 4.69) is 10.1 Å². The number of benzene rings is 2. The summed E-state index contributed by atoms with van der Waals surface area (Å²) in [6, 6.07) is 13.8. The van der Waals surface area contributed by atoms with E-state index in [9.17, 15) is 9.18 Å². The van der Waals surface area contributed by atoms with Gasteiger partial charge in [-0.05, 0) is 48.5 Å². The zero-order valence-corrected chi connectivity index (χ0v) is 18.5. The lowest BCUT2D eigenvalue weighted by molar-refractivity contribution is -0.118. The molecule has 31 heavy (non-hydrogen) atoms. The topological polar surface area (TPSA) is 60.2 Å². The molecule has 2 aromatic carbocycles. The number of carbonyl (C=O) groups excluding carboxylic acids is 1. The summed E-state index contributed by atoms with van der Waals surface area (Å²) < 4.78 is 21.1. The first-order chi connectivity index (χ1) is 15.1. The number of aromatic nitrogens is 3. The van der Waals surface area contributed by atoms with E-state index in [0.717, 1.165) is 20.9 Å². The Balaban J connectivity index is 1.48. The number of thioether (sulfide) groups is 1. The third-order valence-corrected chi connectivity index (χ3v) is 6.68. The van der Waals surface area contributed by atoms with Gasteiger partial charge in [-0.3, -0.25) is 14.4 Å². The minimum absolute atomic E-state index is 0.00668. The highest BCUT2D eigenvalue weighted by atomic mass is 32.2. The van der Waals surface area contributed by atoms with Crippen LogP contribution in [0, 0.1) is 5.82 Å². The largest absolute Gasteiger partial charge is 0.497 e. The van der Waals surface area contributed by atoms with Crippen molar-refractivity contribution in [2.45, 2.75) is 17.9 Å². The molecule has 0 saturated carbocycles. The summed E-state index contributed by atoms with van der Waals surface area (Å²) in [5.74, 6) is 1.08. The van der Waals surface area contributed by atoms with Crippen LogP contribution in [0.5, 0.6) is 5.75 Å². The second-order valence-electron chi connectivity index (χ2n) is 6.70. The number of hydrogen-bond donors (Lipinski definition) is 0. The van der Waals surface area contributed by atoms with Crippen LogP contribution in [0.2, 0.25) is 0 Å². The van der Waals surface area contributed by atoms with E-state index in [4.69, 9.17) is 4.74 Å². The first kappa shape index (κ1) is 21.3.